The van der Waals surface area contributed by atoms with Crippen molar-refractivity contribution in [2.45, 2.75) is 19.4 Å². The molecule has 150 valence electrons. The quantitative estimate of drug-likeness (QED) is 0.519. The van der Waals surface area contributed by atoms with Gasteiger partial charge in [-0.2, -0.15) is 4.98 Å². The Bertz CT molecular complexity index is 1300. The molecule has 1 aliphatic carbocycles. The maximum Gasteiger partial charge on any atom is 0.263 e. The first-order chi connectivity index (χ1) is 14.7. The maximum atomic E-state index is 12.6. The standard InChI is InChI=1S/C22H20N6O2/c1-13-4-2-5-14(8-13)27-9-16-17(10-27)19(16)21-25-18(30-26-21)11-28-12-24-20-15(22(28)29)6-3-7-23-20/h2-8,12,16-17,19H,9-11H2,1H3/t16-,17+,19?. The monoisotopic (exact) mass is 400 g/mol. The van der Waals surface area contributed by atoms with Gasteiger partial charge in [0.25, 0.3) is 5.56 Å². The molecule has 0 radical (unpaired) electrons. The van der Waals surface area contributed by atoms with Gasteiger partial charge >= 0.3 is 0 Å². The van der Waals surface area contributed by atoms with Crippen LogP contribution in [0.15, 0.2) is 58.2 Å². The third kappa shape index (κ3) is 2.79. The van der Waals surface area contributed by atoms with E-state index >= 15 is 0 Å². The van der Waals surface area contributed by atoms with Gasteiger partial charge in [-0.1, -0.05) is 17.3 Å². The molecule has 1 saturated carbocycles. The van der Waals surface area contributed by atoms with E-state index in [1.54, 1.807) is 18.3 Å². The average Bonchev–Trinajstić information content (AvgIpc) is 3.10. The van der Waals surface area contributed by atoms with E-state index in [1.165, 1.54) is 22.1 Å². The van der Waals surface area contributed by atoms with Gasteiger partial charge in [-0.15, -0.1) is 0 Å². The van der Waals surface area contributed by atoms with Crippen molar-refractivity contribution in [1.29, 1.82) is 0 Å². The molecule has 0 amide bonds. The molecule has 3 aromatic heterocycles. The summed E-state index contributed by atoms with van der Waals surface area (Å²) in [6.07, 6.45) is 3.10. The number of benzene rings is 1. The Morgan fingerprint density at radius 1 is 1.13 bits per heavy atom. The Kier molecular flexibility index (Phi) is 3.74. The van der Waals surface area contributed by atoms with Crippen LogP contribution in [-0.4, -0.2) is 37.8 Å². The van der Waals surface area contributed by atoms with Crippen molar-refractivity contribution >= 4 is 16.7 Å². The fourth-order valence-electron chi connectivity index (χ4n) is 4.67. The number of hydrogen-bond acceptors (Lipinski definition) is 7. The number of anilines is 1. The molecule has 1 aromatic carbocycles. The van der Waals surface area contributed by atoms with E-state index in [2.05, 4.69) is 56.2 Å². The van der Waals surface area contributed by atoms with Crippen LogP contribution in [0.5, 0.6) is 0 Å². The number of hydrogen-bond donors (Lipinski definition) is 0. The topological polar surface area (TPSA) is 89.9 Å². The SMILES string of the molecule is Cc1cccc(N2C[C@@H]3C(c4noc(Cn5cnc6ncccc6c5=O)n4)[C@@H]3C2)c1. The van der Waals surface area contributed by atoms with Crippen LogP contribution in [0.25, 0.3) is 11.0 Å². The van der Waals surface area contributed by atoms with Crippen molar-refractivity contribution in [1.82, 2.24) is 24.7 Å². The second-order valence-electron chi connectivity index (χ2n) is 8.20. The number of aromatic nitrogens is 5. The third-order valence-electron chi connectivity index (χ3n) is 6.25. The Balaban J connectivity index is 1.16. The van der Waals surface area contributed by atoms with Crippen LogP contribution in [0, 0.1) is 18.8 Å². The molecule has 1 saturated heterocycles. The lowest BCUT2D eigenvalue weighted by molar-refractivity contribution is 0.363. The lowest BCUT2D eigenvalue weighted by Crippen LogP contribution is -2.23. The van der Waals surface area contributed by atoms with Gasteiger partial charge in [0.1, 0.15) is 12.9 Å². The van der Waals surface area contributed by atoms with Gasteiger partial charge < -0.3 is 9.42 Å². The zero-order valence-corrected chi connectivity index (χ0v) is 16.5. The van der Waals surface area contributed by atoms with E-state index < -0.39 is 0 Å². The first-order valence-corrected chi connectivity index (χ1v) is 10.1. The second-order valence-corrected chi connectivity index (χ2v) is 8.20. The Hall–Kier alpha value is -3.55. The smallest absolute Gasteiger partial charge is 0.263 e. The molecule has 2 fully saturated rings. The summed E-state index contributed by atoms with van der Waals surface area (Å²) in [6.45, 7) is 4.37. The van der Waals surface area contributed by atoms with E-state index in [1.807, 2.05) is 0 Å². The van der Waals surface area contributed by atoms with Crippen molar-refractivity contribution in [2.75, 3.05) is 18.0 Å². The van der Waals surface area contributed by atoms with E-state index in [0.29, 0.717) is 34.7 Å². The molecule has 6 rings (SSSR count). The number of aryl methyl sites for hydroxylation is 1. The minimum Gasteiger partial charge on any atom is -0.371 e. The molecule has 1 unspecified atom stereocenters. The first-order valence-electron chi connectivity index (χ1n) is 10.1. The first kappa shape index (κ1) is 17.3. The second kappa shape index (κ2) is 6.48. The summed E-state index contributed by atoms with van der Waals surface area (Å²) in [7, 11) is 0. The molecule has 2 aliphatic rings. The fraction of sp³-hybridized carbons (Fsp3) is 0.318. The van der Waals surface area contributed by atoms with Gasteiger partial charge in [0.15, 0.2) is 11.5 Å². The lowest BCUT2D eigenvalue weighted by Gasteiger charge is -2.21. The van der Waals surface area contributed by atoms with Gasteiger partial charge in [0.05, 0.1) is 5.39 Å². The summed E-state index contributed by atoms with van der Waals surface area (Å²) in [5, 5.41) is 4.69. The number of piperidine rings is 1. The van der Waals surface area contributed by atoms with Gasteiger partial charge in [-0.3, -0.25) is 9.36 Å². The predicted octanol–water partition coefficient (Wildman–Crippen LogP) is 2.38. The normalized spacial score (nSPS) is 22.4. The molecule has 4 heterocycles. The zero-order valence-electron chi connectivity index (χ0n) is 16.5. The van der Waals surface area contributed by atoms with Crippen LogP contribution >= 0.6 is 0 Å². The highest BCUT2D eigenvalue weighted by molar-refractivity contribution is 5.72. The van der Waals surface area contributed by atoms with Crippen molar-refractivity contribution < 1.29 is 4.52 Å². The summed E-state index contributed by atoms with van der Waals surface area (Å²) in [4.78, 5) is 28.0. The van der Waals surface area contributed by atoms with Gasteiger partial charge in [-0.05, 0) is 48.6 Å². The predicted molar refractivity (Wildman–Crippen MR) is 110 cm³/mol. The highest BCUT2D eigenvalue weighted by atomic mass is 16.5. The average molecular weight is 400 g/mol. The van der Waals surface area contributed by atoms with E-state index in [4.69, 9.17) is 4.52 Å². The molecule has 0 spiro atoms. The van der Waals surface area contributed by atoms with Crippen LogP contribution in [0.2, 0.25) is 0 Å². The summed E-state index contributed by atoms with van der Waals surface area (Å²) in [5.41, 5.74) is 2.84. The lowest BCUT2D eigenvalue weighted by atomic mass is 10.2. The van der Waals surface area contributed by atoms with Gasteiger partial charge in [-0.25, -0.2) is 9.97 Å². The van der Waals surface area contributed by atoms with Gasteiger partial charge in [0.2, 0.25) is 5.89 Å². The van der Waals surface area contributed by atoms with Crippen molar-refractivity contribution in [3.05, 3.63) is 76.6 Å². The number of fused-ring (bicyclic) bond motifs is 2. The third-order valence-corrected chi connectivity index (χ3v) is 6.25. The van der Waals surface area contributed by atoms with Crippen LogP contribution < -0.4 is 10.5 Å². The highest BCUT2D eigenvalue weighted by Gasteiger charge is 2.58. The molecule has 0 N–H and O–H groups in total. The Labute approximate surface area is 172 Å². The van der Waals surface area contributed by atoms with Gasteiger partial charge in [0, 0.05) is 30.9 Å². The fourth-order valence-corrected chi connectivity index (χ4v) is 4.67. The number of pyridine rings is 1. The van der Waals surface area contributed by atoms with E-state index in [9.17, 15) is 4.79 Å². The van der Waals surface area contributed by atoms with E-state index in [0.717, 1.165) is 18.9 Å². The minimum absolute atomic E-state index is 0.162. The summed E-state index contributed by atoms with van der Waals surface area (Å²) >= 11 is 0. The van der Waals surface area contributed by atoms with Crippen LogP contribution in [0.4, 0.5) is 5.69 Å². The van der Waals surface area contributed by atoms with Crippen LogP contribution in [0.1, 0.15) is 23.2 Å². The molecule has 1 aliphatic heterocycles. The zero-order chi connectivity index (χ0) is 20.2. The number of rotatable bonds is 4. The van der Waals surface area contributed by atoms with Crippen molar-refractivity contribution in [3.63, 3.8) is 0 Å². The van der Waals surface area contributed by atoms with Crippen molar-refractivity contribution in [2.24, 2.45) is 11.8 Å². The maximum absolute atomic E-state index is 12.6. The summed E-state index contributed by atoms with van der Waals surface area (Å²) < 4.78 is 6.93. The summed E-state index contributed by atoms with van der Waals surface area (Å²) in [5.74, 6) is 2.66. The molecule has 8 nitrogen and oxygen atoms in total. The number of nitrogens with zero attached hydrogens (tertiary/aromatic N) is 6. The van der Waals surface area contributed by atoms with E-state index in [-0.39, 0.29) is 12.1 Å². The molecular formula is C22H20N6O2. The largest absolute Gasteiger partial charge is 0.371 e. The molecule has 30 heavy (non-hydrogen) atoms. The molecular weight excluding hydrogens is 380 g/mol. The molecule has 4 aromatic rings. The highest BCUT2D eigenvalue weighted by Crippen LogP contribution is 2.57. The minimum atomic E-state index is -0.162. The summed E-state index contributed by atoms with van der Waals surface area (Å²) in [6, 6.07) is 12.1. The van der Waals surface area contributed by atoms with Crippen LogP contribution in [-0.2, 0) is 6.54 Å². The molecule has 8 heteroatoms. The Morgan fingerprint density at radius 2 is 2.00 bits per heavy atom. The molecule has 0 bridgehead atoms. The molecule has 3 atom stereocenters. The van der Waals surface area contributed by atoms with Crippen molar-refractivity contribution in [3.8, 4) is 0 Å². The van der Waals surface area contributed by atoms with Crippen LogP contribution in [0.3, 0.4) is 0 Å². The Morgan fingerprint density at radius 3 is 2.83 bits per heavy atom.